The molecule has 1 heterocycles. The summed E-state index contributed by atoms with van der Waals surface area (Å²) in [5, 5.41) is 14.2. The first-order valence-electron chi connectivity index (χ1n) is 6.03. The molecule has 2 N–H and O–H groups in total. The van der Waals surface area contributed by atoms with Crippen LogP contribution in [0.4, 0.5) is 0 Å². The van der Waals surface area contributed by atoms with E-state index < -0.39 is 5.97 Å². The lowest BCUT2D eigenvalue weighted by atomic mass is 10.2. The lowest BCUT2D eigenvalue weighted by Crippen LogP contribution is -2.26. The largest absolute Gasteiger partial charge is 0.481 e. The topological polar surface area (TPSA) is 79.3 Å². The van der Waals surface area contributed by atoms with Crippen molar-refractivity contribution in [3.05, 3.63) is 16.1 Å². The van der Waals surface area contributed by atoms with Crippen LogP contribution in [0.15, 0.2) is 5.38 Å². The minimum Gasteiger partial charge on any atom is -0.481 e. The maximum atomic E-state index is 11.5. The van der Waals surface area contributed by atoms with Crippen LogP contribution in [0.25, 0.3) is 0 Å². The van der Waals surface area contributed by atoms with Crippen molar-refractivity contribution in [2.24, 2.45) is 0 Å². The first kappa shape index (κ1) is 14.6. The fourth-order valence-corrected chi connectivity index (χ4v) is 2.19. The number of nitrogens with one attached hydrogen (secondary N) is 1. The van der Waals surface area contributed by atoms with Crippen LogP contribution in [0.5, 0.6) is 0 Å². The quantitative estimate of drug-likeness (QED) is 0.703. The number of carbonyl (C=O) groups is 2. The first-order valence-corrected chi connectivity index (χ1v) is 6.91. The Hall–Kier alpha value is -1.43. The second-order valence-electron chi connectivity index (χ2n) is 3.96. The van der Waals surface area contributed by atoms with E-state index in [0.29, 0.717) is 25.8 Å². The summed E-state index contributed by atoms with van der Waals surface area (Å²) >= 11 is 1.57. The summed E-state index contributed by atoms with van der Waals surface area (Å²) in [6.45, 7) is 2.56. The number of rotatable bonds is 8. The van der Waals surface area contributed by atoms with Gasteiger partial charge in [-0.25, -0.2) is 4.98 Å². The van der Waals surface area contributed by atoms with Crippen molar-refractivity contribution in [1.82, 2.24) is 10.3 Å². The predicted octanol–water partition coefficient (Wildman–Crippen LogP) is 1.62. The number of thiazole rings is 1. The molecule has 0 spiro atoms. The lowest BCUT2D eigenvalue weighted by Gasteiger charge is -2.02. The van der Waals surface area contributed by atoms with Crippen LogP contribution in [0.2, 0.25) is 0 Å². The Morgan fingerprint density at radius 2 is 2.22 bits per heavy atom. The summed E-state index contributed by atoms with van der Waals surface area (Å²) in [6, 6.07) is 0. The average Bonchev–Trinajstić information content (AvgIpc) is 2.76. The van der Waals surface area contributed by atoms with Crippen molar-refractivity contribution in [2.75, 3.05) is 6.54 Å². The number of aromatic nitrogens is 1. The molecule has 0 saturated carbocycles. The number of hydrogen-bond acceptors (Lipinski definition) is 4. The molecule has 0 aromatic carbocycles. The second-order valence-corrected chi connectivity index (χ2v) is 4.91. The fraction of sp³-hybridized carbons (Fsp3) is 0.583. The van der Waals surface area contributed by atoms with E-state index in [0.717, 1.165) is 17.1 Å². The Labute approximate surface area is 110 Å². The van der Waals surface area contributed by atoms with Gasteiger partial charge in [0.1, 0.15) is 0 Å². The van der Waals surface area contributed by atoms with Gasteiger partial charge in [0.25, 0.3) is 0 Å². The fourth-order valence-electron chi connectivity index (χ4n) is 1.45. The molecule has 0 radical (unpaired) electrons. The summed E-state index contributed by atoms with van der Waals surface area (Å²) in [7, 11) is 0. The van der Waals surface area contributed by atoms with Crippen molar-refractivity contribution >= 4 is 23.2 Å². The van der Waals surface area contributed by atoms with E-state index in [1.807, 2.05) is 12.3 Å². The van der Waals surface area contributed by atoms with Crippen molar-refractivity contribution < 1.29 is 14.7 Å². The zero-order chi connectivity index (χ0) is 13.4. The van der Waals surface area contributed by atoms with Gasteiger partial charge in [0, 0.05) is 18.3 Å². The van der Waals surface area contributed by atoms with Crippen molar-refractivity contribution in [1.29, 1.82) is 0 Å². The molecule has 0 saturated heterocycles. The van der Waals surface area contributed by atoms with E-state index in [4.69, 9.17) is 5.11 Å². The molecule has 1 aromatic heterocycles. The van der Waals surface area contributed by atoms with E-state index >= 15 is 0 Å². The van der Waals surface area contributed by atoms with E-state index in [1.165, 1.54) is 0 Å². The highest BCUT2D eigenvalue weighted by Gasteiger charge is 2.06. The van der Waals surface area contributed by atoms with Crippen LogP contribution in [0, 0.1) is 0 Å². The van der Waals surface area contributed by atoms with Gasteiger partial charge in [-0.2, -0.15) is 0 Å². The second kappa shape index (κ2) is 7.81. The third kappa shape index (κ3) is 5.77. The number of unbranched alkanes of at least 4 members (excludes halogenated alkanes) is 1. The highest BCUT2D eigenvalue weighted by atomic mass is 32.1. The molecule has 100 valence electrons. The standard InChI is InChI=1S/C12H18N2O3S/c1-2-11-14-9(8-18-11)7-10(15)13-6-4-3-5-12(16)17/h8H,2-7H2,1H3,(H,13,15)(H,16,17). The Balaban J connectivity index is 2.15. The molecule has 0 aliphatic heterocycles. The van der Waals surface area contributed by atoms with Gasteiger partial charge in [-0.3, -0.25) is 9.59 Å². The van der Waals surface area contributed by atoms with Gasteiger partial charge in [0.2, 0.25) is 5.91 Å². The summed E-state index contributed by atoms with van der Waals surface area (Å²) in [4.78, 5) is 26.1. The summed E-state index contributed by atoms with van der Waals surface area (Å²) in [6.07, 6.45) is 2.63. The van der Waals surface area contributed by atoms with E-state index in [-0.39, 0.29) is 12.3 Å². The van der Waals surface area contributed by atoms with Crippen LogP contribution in [-0.2, 0) is 22.4 Å². The number of aliphatic carboxylic acids is 1. The lowest BCUT2D eigenvalue weighted by molar-refractivity contribution is -0.137. The molecule has 0 fully saturated rings. The average molecular weight is 270 g/mol. The molecule has 0 atom stereocenters. The molecule has 0 aliphatic carbocycles. The number of hydrogen-bond donors (Lipinski definition) is 2. The van der Waals surface area contributed by atoms with Crippen molar-refractivity contribution in [3.63, 3.8) is 0 Å². The number of carboxylic acids is 1. The van der Waals surface area contributed by atoms with Crippen molar-refractivity contribution in [3.8, 4) is 0 Å². The maximum absolute atomic E-state index is 11.5. The van der Waals surface area contributed by atoms with Gasteiger partial charge in [0.05, 0.1) is 17.1 Å². The first-order chi connectivity index (χ1) is 8.61. The number of carboxylic acid groups (broad SMARTS) is 1. The van der Waals surface area contributed by atoms with E-state index in [1.54, 1.807) is 11.3 Å². The number of amides is 1. The van der Waals surface area contributed by atoms with Gasteiger partial charge in [0.15, 0.2) is 0 Å². The van der Waals surface area contributed by atoms with Gasteiger partial charge >= 0.3 is 5.97 Å². The number of nitrogens with zero attached hydrogens (tertiary/aromatic N) is 1. The molecule has 1 rings (SSSR count). The Morgan fingerprint density at radius 3 is 2.83 bits per heavy atom. The third-order valence-corrected chi connectivity index (χ3v) is 3.42. The summed E-state index contributed by atoms with van der Waals surface area (Å²) in [5.41, 5.74) is 0.805. The molecular formula is C12H18N2O3S. The highest BCUT2D eigenvalue weighted by Crippen LogP contribution is 2.10. The molecule has 0 bridgehead atoms. The normalized spacial score (nSPS) is 10.3. The molecule has 0 unspecified atom stereocenters. The Kier molecular flexibility index (Phi) is 6.35. The van der Waals surface area contributed by atoms with Crippen molar-refractivity contribution in [2.45, 2.75) is 39.0 Å². The minimum absolute atomic E-state index is 0.0571. The summed E-state index contributed by atoms with van der Waals surface area (Å²) < 4.78 is 0. The van der Waals surface area contributed by atoms with E-state index in [9.17, 15) is 9.59 Å². The van der Waals surface area contributed by atoms with Crippen LogP contribution >= 0.6 is 11.3 Å². The number of aryl methyl sites for hydroxylation is 1. The molecule has 1 amide bonds. The van der Waals surface area contributed by atoms with Crippen LogP contribution in [-0.4, -0.2) is 28.5 Å². The molecule has 18 heavy (non-hydrogen) atoms. The molecule has 0 aliphatic rings. The van der Waals surface area contributed by atoms with Crippen LogP contribution < -0.4 is 5.32 Å². The molecule has 6 heteroatoms. The van der Waals surface area contributed by atoms with Gasteiger partial charge in [-0.15, -0.1) is 11.3 Å². The Morgan fingerprint density at radius 1 is 1.44 bits per heavy atom. The monoisotopic (exact) mass is 270 g/mol. The molecular weight excluding hydrogens is 252 g/mol. The zero-order valence-corrected chi connectivity index (χ0v) is 11.3. The van der Waals surface area contributed by atoms with E-state index in [2.05, 4.69) is 10.3 Å². The Bertz CT molecular complexity index is 404. The minimum atomic E-state index is -0.795. The summed E-state index contributed by atoms with van der Waals surface area (Å²) in [5.74, 6) is -0.853. The maximum Gasteiger partial charge on any atom is 0.303 e. The van der Waals surface area contributed by atoms with Crippen LogP contribution in [0.3, 0.4) is 0 Å². The highest BCUT2D eigenvalue weighted by molar-refractivity contribution is 7.09. The smallest absolute Gasteiger partial charge is 0.303 e. The molecule has 1 aromatic rings. The zero-order valence-electron chi connectivity index (χ0n) is 10.4. The van der Waals surface area contributed by atoms with Crippen LogP contribution in [0.1, 0.15) is 36.9 Å². The third-order valence-electron chi connectivity index (χ3n) is 2.38. The molecule has 5 nitrogen and oxygen atoms in total. The predicted molar refractivity (Wildman–Crippen MR) is 69.7 cm³/mol. The number of carbonyl (C=O) groups excluding carboxylic acids is 1. The van der Waals surface area contributed by atoms with Gasteiger partial charge in [-0.1, -0.05) is 6.92 Å². The van der Waals surface area contributed by atoms with Gasteiger partial charge < -0.3 is 10.4 Å². The van der Waals surface area contributed by atoms with Gasteiger partial charge in [-0.05, 0) is 19.3 Å². The SMILES string of the molecule is CCc1nc(CC(=O)NCCCCC(=O)O)cs1.